The quantitative estimate of drug-likeness (QED) is 0.638. The maximum Gasteiger partial charge on any atom is 0.316 e. The summed E-state index contributed by atoms with van der Waals surface area (Å²) in [6, 6.07) is 0.998. The highest BCUT2D eigenvalue weighted by Gasteiger charge is 2.25. The van der Waals surface area contributed by atoms with Crippen LogP contribution in [0, 0.1) is 10.1 Å². The summed E-state index contributed by atoms with van der Waals surface area (Å²) in [6.45, 7) is 0. The molecule has 0 aliphatic carbocycles. The lowest BCUT2D eigenvalue weighted by molar-refractivity contribution is -0.386. The van der Waals surface area contributed by atoms with E-state index in [0.29, 0.717) is 0 Å². The molecule has 0 aromatic heterocycles. The van der Waals surface area contributed by atoms with Gasteiger partial charge >= 0.3 is 5.69 Å². The molecular formula is C8H8ClNO5. The molecule has 0 bridgehead atoms. The van der Waals surface area contributed by atoms with Gasteiger partial charge in [0.15, 0.2) is 5.75 Å². The summed E-state index contributed by atoms with van der Waals surface area (Å²) in [5.41, 5.74) is -0.530. The number of phenols is 1. The highest BCUT2D eigenvalue weighted by Crippen LogP contribution is 2.47. The number of halogens is 1. The van der Waals surface area contributed by atoms with Crippen molar-refractivity contribution in [3.05, 3.63) is 21.2 Å². The zero-order valence-corrected chi connectivity index (χ0v) is 8.74. The minimum absolute atomic E-state index is 0.00106. The maximum atomic E-state index is 10.5. The number of hydrogen-bond acceptors (Lipinski definition) is 5. The lowest BCUT2D eigenvalue weighted by Crippen LogP contribution is -1.96. The highest BCUT2D eigenvalue weighted by molar-refractivity contribution is 6.32. The lowest BCUT2D eigenvalue weighted by atomic mass is 10.2. The van der Waals surface area contributed by atoms with Gasteiger partial charge in [0.2, 0.25) is 11.5 Å². The van der Waals surface area contributed by atoms with Gasteiger partial charge in [-0.1, -0.05) is 11.6 Å². The third kappa shape index (κ3) is 1.89. The Bertz CT molecular complexity index is 407. The van der Waals surface area contributed by atoms with Crippen LogP contribution in [0.3, 0.4) is 0 Å². The predicted molar refractivity (Wildman–Crippen MR) is 52.9 cm³/mol. The molecule has 1 N–H and O–H groups in total. The summed E-state index contributed by atoms with van der Waals surface area (Å²) in [6.07, 6.45) is 0. The Kier molecular flexibility index (Phi) is 3.21. The van der Waals surface area contributed by atoms with E-state index < -0.39 is 16.4 Å². The van der Waals surface area contributed by atoms with Crippen molar-refractivity contribution in [3.8, 4) is 17.2 Å². The Morgan fingerprint density at radius 2 is 1.93 bits per heavy atom. The van der Waals surface area contributed by atoms with Crippen LogP contribution in [0.15, 0.2) is 6.07 Å². The minimum atomic E-state index is -0.761. The van der Waals surface area contributed by atoms with Crippen molar-refractivity contribution in [2.24, 2.45) is 0 Å². The Balaban J connectivity index is 3.51. The molecule has 0 saturated carbocycles. The van der Waals surface area contributed by atoms with Crippen molar-refractivity contribution < 1.29 is 19.5 Å². The number of phenolic OH excluding ortho intramolecular Hbond substituents is 1. The first-order valence-electron chi connectivity index (χ1n) is 3.80. The zero-order chi connectivity index (χ0) is 11.6. The summed E-state index contributed by atoms with van der Waals surface area (Å²) >= 11 is 5.71. The molecule has 0 radical (unpaired) electrons. The van der Waals surface area contributed by atoms with E-state index in [-0.39, 0.29) is 16.5 Å². The Morgan fingerprint density at radius 1 is 1.40 bits per heavy atom. The van der Waals surface area contributed by atoms with Crippen LogP contribution in [-0.4, -0.2) is 24.2 Å². The first-order valence-corrected chi connectivity index (χ1v) is 4.18. The Morgan fingerprint density at radius 3 is 2.33 bits per heavy atom. The van der Waals surface area contributed by atoms with E-state index in [1.54, 1.807) is 0 Å². The second-order valence-corrected chi connectivity index (χ2v) is 2.96. The fourth-order valence-electron chi connectivity index (χ4n) is 1.11. The third-order valence-electron chi connectivity index (χ3n) is 1.75. The predicted octanol–water partition coefficient (Wildman–Crippen LogP) is 1.97. The summed E-state index contributed by atoms with van der Waals surface area (Å²) in [5.74, 6) is -0.706. The van der Waals surface area contributed by atoms with Gasteiger partial charge < -0.3 is 14.6 Å². The smallest absolute Gasteiger partial charge is 0.316 e. The van der Waals surface area contributed by atoms with Gasteiger partial charge in [0.05, 0.1) is 24.2 Å². The number of methoxy groups -OCH3 is 2. The molecule has 0 amide bonds. The zero-order valence-electron chi connectivity index (χ0n) is 7.98. The fraction of sp³-hybridized carbons (Fsp3) is 0.250. The van der Waals surface area contributed by atoms with Gasteiger partial charge in [-0.15, -0.1) is 0 Å². The van der Waals surface area contributed by atoms with Gasteiger partial charge in [0.1, 0.15) is 0 Å². The Hall–Kier alpha value is -1.69. The van der Waals surface area contributed by atoms with E-state index in [9.17, 15) is 15.2 Å². The molecule has 0 fully saturated rings. The first-order chi connectivity index (χ1) is 7.02. The van der Waals surface area contributed by atoms with Crippen molar-refractivity contribution in [2.45, 2.75) is 0 Å². The topological polar surface area (TPSA) is 81.8 Å². The van der Waals surface area contributed by atoms with E-state index in [2.05, 4.69) is 0 Å². The van der Waals surface area contributed by atoms with Gasteiger partial charge in [-0.2, -0.15) is 0 Å². The Labute approximate surface area is 90.1 Å². The molecule has 15 heavy (non-hydrogen) atoms. The molecule has 0 aliphatic rings. The SMILES string of the molecule is COc1c(Cl)cc([N+](=O)[O-])c(O)c1OC. The van der Waals surface area contributed by atoms with Crippen LogP contribution < -0.4 is 9.47 Å². The second-order valence-electron chi connectivity index (χ2n) is 2.55. The molecular weight excluding hydrogens is 226 g/mol. The average molecular weight is 234 g/mol. The monoisotopic (exact) mass is 233 g/mol. The number of benzene rings is 1. The molecule has 0 unspecified atom stereocenters. The molecule has 0 atom stereocenters. The van der Waals surface area contributed by atoms with Crippen LogP contribution >= 0.6 is 11.6 Å². The lowest BCUT2D eigenvalue weighted by Gasteiger charge is -2.10. The maximum absolute atomic E-state index is 10.5. The van der Waals surface area contributed by atoms with E-state index in [4.69, 9.17) is 21.1 Å². The van der Waals surface area contributed by atoms with Gasteiger partial charge in [-0.05, 0) is 0 Å². The summed E-state index contributed by atoms with van der Waals surface area (Å²) in [4.78, 5) is 9.77. The molecule has 1 aromatic carbocycles. The van der Waals surface area contributed by atoms with E-state index >= 15 is 0 Å². The van der Waals surface area contributed by atoms with Crippen LogP contribution in [0.1, 0.15) is 0 Å². The van der Waals surface area contributed by atoms with Gasteiger partial charge in [-0.25, -0.2) is 0 Å². The van der Waals surface area contributed by atoms with Crippen LogP contribution in [-0.2, 0) is 0 Å². The van der Waals surface area contributed by atoms with Crippen molar-refractivity contribution >= 4 is 17.3 Å². The highest BCUT2D eigenvalue weighted by atomic mass is 35.5. The molecule has 0 spiro atoms. The molecule has 0 heterocycles. The van der Waals surface area contributed by atoms with Crippen LogP contribution in [0.2, 0.25) is 5.02 Å². The van der Waals surface area contributed by atoms with Crippen molar-refractivity contribution in [1.29, 1.82) is 0 Å². The molecule has 1 rings (SSSR count). The molecule has 0 saturated heterocycles. The normalized spacial score (nSPS) is 9.80. The molecule has 1 aromatic rings. The second kappa shape index (κ2) is 4.22. The number of nitro benzene ring substituents is 1. The summed E-state index contributed by atoms with van der Waals surface area (Å²) < 4.78 is 9.62. The molecule has 7 heteroatoms. The summed E-state index contributed by atoms with van der Waals surface area (Å²) in [7, 11) is 2.56. The standard InChI is InChI=1S/C8H8ClNO5/c1-14-7-4(9)3-5(10(12)13)6(11)8(7)15-2/h3,11H,1-2H3. The minimum Gasteiger partial charge on any atom is -0.499 e. The number of hydrogen-bond donors (Lipinski definition) is 1. The van der Waals surface area contributed by atoms with Gasteiger partial charge in [0.25, 0.3) is 0 Å². The van der Waals surface area contributed by atoms with Crippen LogP contribution in [0.4, 0.5) is 5.69 Å². The van der Waals surface area contributed by atoms with E-state index in [1.807, 2.05) is 0 Å². The van der Waals surface area contributed by atoms with Gasteiger partial charge in [0, 0.05) is 6.07 Å². The van der Waals surface area contributed by atoms with Crippen LogP contribution in [0.5, 0.6) is 17.2 Å². The average Bonchev–Trinajstić information content (AvgIpc) is 2.19. The number of aromatic hydroxyl groups is 1. The van der Waals surface area contributed by atoms with Gasteiger partial charge in [-0.3, -0.25) is 10.1 Å². The van der Waals surface area contributed by atoms with Crippen molar-refractivity contribution in [2.75, 3.05) is 14.2 Å². The number of nitrogens with zero attached hydrogens (tertiary/aromatic N) is 1. The van der Waals surface area contributed by atoms with E-state index in [1.165, 1.54) is 14.2 Å². The van der Waals surface area contributed by atoms with Crippen molar-refractivity contribution in [1.82, 2.24) is 0 Å². The fourth-order valence-corrected chi connectivity index (χ4v) is 1.37. The van der Waals surface area contributed by atoms with Crippen LogP contribution in [0.25, 0.3) is 0 Å². The summed E-state index contributed by atoms with van der Waals surface area (Å²) in [5, 5.41) is 20.0. The molecule has 82 valence electrons. The van der Waals surface area contributed by atoms with E-state index in [0.717, 1.165) is 6.07 Å². The molecule has 6 nitrogen and oxygen atoms in total. The number of nitro groups is 1. The third-order valence-corrected chi connectivity index (χ3v) is 2.03. The van der Waals surface area contributed by atoms with Crippen molar-refractivity contribution in [3.63, 3.8) is 0 Å². The first kappa shape index (κ1) is 11.4. The number of rotatable bonds is 3. The molecule has 0 aliphatic heterocycles. The largest absolute Gasteiger partial charge is 0.499 e. The number of ether oxygens (including phenoxy) is 2.